The number of sulfone groups is 1. The van der Waals surface area contributed by atoms with Crippen LogP contribution < -0.4 is 5.32 Å². The van der Waals surface area contributed by atoms with Crippen LogP contribution in [0, 0.1) is 0 Å². The quantitative estimate of drug-likeness (QED) is 0.743. The van der Waals surface area contributed by atoms with Crippen molar-refractivity contribution in [3.8, 4) is 0 Å². The van der Waals surface area contributed by atoms with E-state index in [0.29, 0.717) is 12.6 Å². The molecule has 0 bridgehead atoms. The van der Waals surface area contributed by atoms with Gasteiger partial charge in [0.25, 0.3) is 0 Å². The number of nitrogens with zero attached hydrogens (tertiary/aromatic N) is 1. The SMILES string of the molecule is CCN(CCS(=O)(=O)C(C)C)C1CCNC1. The number of nitrogens with one attached hydrogen (secondary N) is 1. The maximum Gasteiger partial charge on any atom is 0.153 e. The van der Waals surface area contributed by atoms with Crippen LogP contribution in [0.1, 0.15) is 27.2 Å². The molecule has 1 atom stereocenters. The van der Waals surface area contributed by atoms with Gasteiger partial charge in [-0.05, 0) is 33.4 Å². The summed E-state index contributed by atoms with van der Waals surface area (Å²) in [7, 11) is -2.89. The van der Waals surface area contributed by atoms with E-state index in [9.17, 15) is 8.42 Å². The van der Waals surface area contributed by atoms with Crippen molar-refractivity contribution in [1.82, 2.24) is 10.2 Å². The zero-order valence-electron chi connectivity index (χ0n) is 10.6. The predicted octanol–water partition coefficient (Wildman–Crippen LogP) is 0.493. The second-order valence-electron chi connectivity index (χ2n) is 4.69. The van der Waals surface area contributed by atoms with E-state index in [0.717, 1.165) is 26.1 Å². The normalized spacial score (nSPS) is 22.2. The fourth-order valence-corrected chi connectivity index (χ4v) is 2.99. The summed E-state index contributed by atoms with van der Waals surface area (Å²) in [6.45, 7) is 9.25. The standard InChI is InChI=1S/C11H24N2O2S/c1-4-13(11-5-6-12-9-11)7-8-16(14,15)10(2)3/h10-12H,4-9H2,1-3H3. The molecule has 0 aromatic carbocycles. The molecule has 1 N–H and O–H groups in total. The molecule has 1 rings (SSSR count). The number of hydrogen-bond donors (Lipinski definition) is 1. The smallest absolute Gasteiger partial charge is 0.153 e. The molecule has 1 fully saturated rings. The molecule has 0 saturated carbocycles. The minimum absolute atomic E-state index is 0.257. The highest BCUT2D eigenvalue weighted by atomic mass is 32.2. The highest BCUT2D eigenvalue weighted by Gasteiger charge is 2.23. The third-order valence-electron chi connectivity index (χ3n) is 3.34. The highest BCUT2D eigenvalue weighted by Crippen LogP contribution is 2.09. The maximum atomic E-state index is 11.7. The first-order chi connectivity index (χ1) is 7.47. The van der Waals surface area contributed by atoms with Crippen LogP contribution in [0.4, 0.5) is 0 Å². The Bertz CT molecular complexity index is 295. The Kier molecular flexibility index (Phi) is 5.21. The Hall–Kier alpha value is -0.130. The fraction of sp³-hybridized carbons (Fsp3) is 1.00. The molecule has 0 spiro atoms. The van der Waals surface area contributed by atoms with Gasteiger partial charge < -0.3 is 5.32 Å². The minimum Gasteiger partial charge on any atom is -0.315 e. The van der Waals surface area contributed by atoms with E-state index >= 15 is 0 Å². The molecule has 1 saturated heterocycles. The third kappa shape index (κ3) is 3.71. The van der Waals surface area contributed by atoms with Crippen molar-refractivity contribution in [2.45, 2.75) is 38.5 Å². The van der Waals surface area contributed by atoms with Crippen LogP contribution in [-0.4, -0.2) is 56.5 Å². The summed E-state index contributed by atoms with van der Waals surface area (Å²) < 4.78 is 23.4. The molecule has 16 heavy (non-hydrogen) atoms. The molecule has 1 aliphatic rings. The van der Waals surface area contributed by atoms with Crippen LogP contribution >= 0.6 is 0 Å². The summed E-state index contributed by atoms with van der Waals surface area (Å²) in [4.78, 5) is 2.28. The summed E-state index contributed by atoms with van der Waals surface area (Å²) in [5, 5.41) is 3.06. The summed E-state index contributed by atoms with van der Waals surface area (Å²) in [5.74, 6) is 0.287. The third-order valence-corrected chi connectivity index (χ3v) is 5.53. The Morgan fingerprint density at radius 1 is 1.44 bits per heavy atom. The molecule has 0 radical (unpaired) electrons. The van der Waals surface area contributed by atoms with Crippen LogP contribution in [0.25, 0.3) is 0 Å². The molecular weight excluding hydrogens is 224 g/mol. The van der Waals surface area contributed by atoms with Gasteiger partial charge >= 0.3 is 0 Å². The van der Waals surface area contributed by atoms with E-state index in [-0.39, 0.29) is 11.0 Å². The first-order valence-electron chi connectivity index (χ1n) is 6.13. The van der Waals surface area contributed by atoms with E-state index in [1.807, 2.05) is 0 Å². The Morgan fingerprint density at radius 3 is 2.56 bits per heavy atom. The summed E-state index contributed by atoms with van der Waals surface area (Å²) in [6.07, 6.45) is 1.13. The summed E-state index contributed by atoms with van der Waals surface area (Å²) in [5.41, 5.74) is 0. The molecule has 1 unspecified atom stereocenters. The zero-order chi connectivity index (χ0) is 12.2. The highest BCUT2D eigenvalue weighted by molar-refractivity contribution is 7.92. The van der Waals surface area contributed by atoms with E-state index < -0.39 is 9.84 Å². The van der Waals surface area contributed by atoms with Gasteiger partial charge in [0.15, 0.2) is 9.84 Å². The van der Waals surface area contributed by atoms with Gasteiger partial charge in [-0.3, -0.25) is 4.90 Å². The van der Waals surface area contributed by atoms with E-state index in [2.05, 4.69) is 17.1 Å². The molecule has 0 aliphatic carbocycles. The van der Waals surface area contributed by atoms with E-state index in [1.54, 1.807) is 13.8 Å². The lowest BCUT2D eigenvalue weighted by molar-refractivity contribution is 0.232. The number of rotatable bonds is 6. The van der Waals surface area contributed by atoms with E-state index in [4.69, 9.17) is 0 Å². The molecule has 96 valence electrons. The molecule has 1 aliphatic heterocycles. The molecule has 5 heteroatoms. The first-order valence-corrected chi connectivity index (χ1v) is 7.85. The molecule has 1 heterocycles. The number of hydrogen-bond acceptors (Lipinski definition) is 4. The van der Waals surface area contributed by atoms with Gasteiger partial charge in [0, 0.05) is 19.1 Å². The molecule has 0 aromatic rings. The lowest BCUT2D eigenvalue weighted by atomic mass is 10.2. The average molecular weight is 248 g/mol. The van der Waals surface area contributed by atoms with Gasteiger partial charge in [-0.15, -0.1) is 0 Å². The minimum atomic E-state index is -2.89. The second kappa shape index (κ2) is 5.98. The van der Waals surface area contributed by atoms with Crippen LogP contribution in [0.3, 0.4) is 0 Å². The summed E-state index contributed by atoms with van der Waals surface area (Å²) >= 11 is 0. The van der Waals surface area contributed by atoms with Crippen LogP contribution in [0.15, 0.2) is 0 Å². The van der Waals surface area contributed by atoms with Crippen molar-refractivity contribution in [3.63, 3.8) is 0 Å². The molecule has 4 nitrogen and oxygen atoms in total. The van der Waals surface area contributed by atoms with Crippen molar-refractivity contribution in [2.24, 2.45) is 0 Å². The lowest BCUT2D eigenvalue weighted by Gasteiger charge is -2.26. The van der Waals surface area contributed by atoms with E-state index in [1.165, 1.54) is 0 Å². The van der Waals surface area contributed by atoms with Crippen LogP contribution in [0.5, 0.6) is 0 Å². The van der Waals surface area contributed by atoms with Gasteiger partial charge in [-0.1, -0.05) is 6.92 Å². The molecule has 0 amide bonds. The maximum absolute atomic E-state index is 11.7. The molecule has 0 aromatic heterocycles. The largest absolute Gasteiger partial charge is 0.315 e. The van der Waals surface area contributed by atoms with Gasteiger partial charge in [-0.2, -0.15) is 0 Å². The van der Waals surface area contributed by atoms with Crippen LogP contribution in [0.2, 0.25) is 0 Å². The Morgan fingerprint density at radius 2 is 2.12 bits per heavy atom. The van der Waals surface area contributed by atoms with Crippen molar-refractivity contribution >= 4 is 9.84 Å². The molecular formula is C11H24N2O2S. The Balaban J connectivity index is 2.45. The van der Waals surface area contributed by atoms with Gasteiger partial charge in [0.1, 0.15) is 0 Å². The van der Waals surface area contributed by atoms with Crippen molar-refractivity contribution < 1.29 is 8.42 Å². The lowest BCUT2D eigenvalue weighted by Crippen LogP contribution is -2.40. The second-order valence-corrected chi connectivity index (χ2v) is 7.37. The number of likely N-dealkylation sites (N-methyl/N-ethyl adjacent to an activating group) is 1. The van der Waals surface area contributed by atoms with Crippen molar-refractivity contribution in [3.05, 3.63) is 0 Å². The average Bonchev–Trinajstić information content (AvgIpc) is 2.71. The van der Waals surface area contributed by atoms with Crippen molar-refractivity contribution in [1.29, 1.82) is 0 Å². The summed E-state index contributed by atoms with van der Waals surface area (Å²) in [6, 6.07) is 0.521. The zero-order valence-corrected chi connectivity index (χ0v) is 11.4. The van der Waals surface area contributed by atoms with Gasteiger partial charge in [0.05, 0.1) is 11.0 Å². The fourth-order valence-electron chi connectivity index (χ4n) is 2.03. The van der Waals surface area contributed by atoms with Crippen molar-refractivity contribution in [2.75, 3.05) is 31.9 Å². The Labute approximate surface area is 99.3 Å². The van der Waals surface area contributed by atoms with Gasteiger partial charge in [0.2, 0.25) is 0 Å². The first kappa shape index (κ1) is 13.9. The van der Waals surface area contributed by atoms with Crippen LogP contribution in [-0.2, 0) is 9.84 Å². The van der Waals surface area contributed by atoms with Gasteiger partial charge in [-0.25, -0.2) is 8.42 Å². The topological polar surface area (TPSA) is 49.4 Å². The monoisotopic (exact) mass is 248 g/mol. The predicted molar refractivity (Wildman–Crippen MR) is 67.4 cm³/mol.